The molecule has 0 aromatic heterocycles. The van der Waals surface area contributed by atoms with Crippen LogP contribution >= 0.6 is 11.6 Å². The molecule has 30 heavy (non-hydrogen) atoms. The SMILES string of the molecule is CC(=O)NC(CC(=O)NC(CN1CCCC1=O)c1ccccc1)c1ccc(Cl)cc1. The minimum atomic E-state index is -0.468. The molecule has 0 spiro atoms. The van der Waals surface area contributed by atoms with E-state index in [0.717, 1.165) is 17.5 Å². The van der Waals surface area contributed by atoms with E-state index in [0.29, 0.717) is 24.5 Å². The number of halogens is 1. The van der Waals surface area contributed by atoms with E-state index in [1.54, 1.807) is 29.2 Å². The third kappa shape index (κ3) is 6.07. The van der Waals surface area contributed by atoms with E-state index in [2.05, 4.69) is 10.6 Å². The first-order chi connectivity index (χ1) is 14.4. The highest BCUT2D eigenvalue weighted by Gasteiger charge is 2.26. The van der Waals surface area contributed by atoms with E-state index >= 15 is 0 Å². The zero-order valence-corrected chi connectivity index (χ0v) is 17.7. The highest BCUT2D eigenvalue weighted by atomic mass is 35.5. The third-order valence-electron chi connectivity index (χ3n) is 5.15. The van der Waals surface area contributed by atoms with E-state index in [9.17, 15) is 14.4 Å². The highest BCUT2D eigenvalue weighted by Crippen LogP contribution is 2.22. The number of amides is 3. The van der Waals surface area contributed by atoms with Crippen LogP contribution in [0.15, 0.2) is 54.6 Å². The molecule has 3 rings (SSSR count). The second-order valence-electron chi connectivity index (χ2n) is 7.48. The number of carbonyl (C=O) groups excluding carboxylic acids is 3. The lowest BCUT2D eigenvalue weighted by Gasteiger charge is -2.26. The Balaban J connectivity index is 1.73. The first kappa shape index (κ1) is 21.8. The Morgan fingerprint density at radius 1 is 1.00 bits per heavy atom. The summed E-state index contributed by atoms with van der Waals surface area (Å²) >= 11 is 5.96. The number of rotatable bonds is 8. The Bertz CT molecular complexity index is 886. The number of nitrogens with zero attached hydrogens (tertiary/aromatic N) is 1. The van der Waals surface area contributed by atoms with Gasteiger partial charge in [-0.25, -0.2) is 0 Å². The molecule has 6 nitrogen and oxygen atoms in total. The van der Waals surface area contributed by atoms with Crippen LogP contribution < -0.4 is 10.6 Å². The second-order valence-corrected chi connectivity index (χ2v) is 7.92. The summed E-state index contributed by atoms with van der Waals surface area (Å²) in [4.78, 5) is 38.5. The van der Waals surface area contributed by atoms with Gasteiger partial charge in [-0.2, -0.15) is 0 Å². The Morgan fingerprint density at radius 3 is 2.27 bits per heavy atom. The van der Waals surface area contributed by atoms with Crippen LogP contribution in [0.3, 0.4) is 0 Å². The standard InChI is InChI=1S/C23H26ClN3O3/c1-16(28)25-20(18-9-11-19(24)12-10-18)14-22(29)26-21(17-6-3-2-4-7-17)15-27-13-5-8-23(27)30/h2-4,6-7,9-12,20-21H,5,8,13-15H2,1H3,(H,25,28)(H,26,29). The molecule has 2 unspecified atom stereocenters. The van der Waals surface area contributed by atoms with Gasteiger partial charge in [-0.3, -0.25) is 14.4 Å². The number of hydrogen-bond donors (Lipinski definition) is 2. The van der Waals surface area contributed by atoms with Crippen LogP contribution in [-0.2, 0) is 14.4 Å². The minimum absolute atomic E-state index is 0.0818. The van der Waals surface area contributed by atoms with Crippen LogP contribution in [-0.4, -0.2) is 35.7 Å². The van der Waals surface area contributed by atoms with Gasteiger partial charge in [0.05, 0.1) is 18.5 Å². The van der Waals surface area contributed by atoms with Crippen molar-refractivity contribution < 1.29 is 14.4 Å². The zero-order chi connectivity index (χ0) is 21.5. The molecule has 7 heteroatoms. The van der Waals surface area contributed by atoms with Gasteiger partial charge in [-0.15, -0.1) is 0 Å². The quantitative estimate of drug-likeness (QED) is 0.677. The van der Waals surface area contributed by atoms with Gasteiger partial charge in [-0.05, 0) is 29.7 Å². The molecule has 0 aliphatic carbocycles. The first-order valence-electron chi connectivity index (χ1n) is 10.1. The molecule has 1 aliphatic heterocycles. The van der Waals surface area contributed by atoms with Crippen molar-refractivity contribution in [2.45, 2.75) is 38.3 Å². The summed E-state index contributed by atoms with van der Waals surface area (Å²) < 4.78 is 0. The van der Waals surface area contributed by atoms with E-state index in [4.69, 9.17) is 11.6 Å². The van der Waals surface area contributed by atoms with Gasteiger partial charge in [0.2, 0.25) is 17.7 Å². The predicted molar refractivity (Wildman–Crippen MR) is 116 cm³/mol. The maximum Gasteiger partial charge on any atom is 0.222 e. The van der Waals surface area contributed by atoms with Gasteiger partial charge < -0.3 is 15.5 Å². The molecule has 158 valence electrons. The Labute approximate surface area is 181 Å². The summed E-state index contributed by atoms with van der Waals surface area (Å²) in [5, 5.41) is 6.47. The van der Waals surface area contributed by atoms with Crippen molar-refractivity contribution in [2.75, 3.05) is 13.1 Å². The van der Waals surface area contributed by atoms with Crippen molar-refractivity contribution in [2.24, 2.45) is 0 Å². The van der Waals surface area contributed by atoms with Crippen molar-refractivity contribution >= 4 is 29.3 Å². The third-order valence-corrected chi connectivity index (χ3v) is 5.40. The summed E-state index contributed by atoms with van der Waals surface area (Å²) in [5.41, 5.74) is 1.74. The maximum absolute atomic E-state index is 12.9. The molecule has 1 aliphatic rings. The molecule has 0 radical (unpaired) electrons. The summed E-state index contributed by atoms with van der Waals surface area (Å²) in [7, 11) is 0. The molecule has 1 saturated heterocycles. The number of likely N-dealkylation sites (tertiary alicyclic amines) is 1. The molecule has 2 aromatic rings. The molecular weight excluding hydrogens is 402 g/mol. The van der Waals surface area contributed by atoms with Crippen LogP contribution in [0.1, 0.15) is 49.4 Å². The fourth-order valence-corrected chi connectivity index (χ4v) is 3.79. The molecule has 1 heterocycles. The summed E-state index contributed by atoms with van der Waals surface area (Å²) in [6, 6.07) is 15.9. The second kappa shape index (κ2) is 10.3. The smallest absolute Gasteiger partial charge is 0.222 e. The van der Waals surface area contributed by atoms with E-state index < -0.39 is 6.04 Å². The molecule has 2 aromatic carbocycles. The number of carbonyl (C=O) groups is 3. The minimum Gasteiger partial charge on any atom is -0.349 e. The lowest BCUT2D eigenvalue weighted by Crippen LogP contribution is -2.40. The van der Waals surface area contributed by atoms with Crippen molar-refractivity contribution in [1.82, 2.24) is 15.5 Å². The lowest BCUT2D eigenvalue weighted by atomic mass is 10.0. The molecule has 1 fully saturated rings. The van der Waals surface area contributed by atoms with Crippen LogP contribution in [0.5, 0.6) is 0 Å². The van der Waals surface area contributed by atoms with Crippen molar-refractivity contribution in [1.29, 1.82) is 0 Å². The molecule has 2 atom stereocenters. The number of nitrogens with one attached hydrogen (secondary N) is 2. The molecular formula is C23H26ClN3O3. The van der Waals surface area contributed by atoms with E-state index in [-0.39, 0.29) is 30.2 Å². The lowest BCUT2D eigenvalue weighted by molar-refractivity contribution is -0.129. The summed E-state index contributed by atoms with van der Waals surface area (Å²) in [6.07, 6.45) is 1.48. The maximum atomic E-state index is 12.9. The molecule has 0 bridgehead atoms. The summed E-state index contributed by atoms with van der Waals surface area (Å²) in [6.45, 7) is 2.56. The number of hydrogen-bond acceptors (Lipinski definition) is 3. The van der Waals surface area contributed by atoms with Crippen LogP contribution in [0.4, 0.5) is 0 Å². The van der Waals surface area contributed by atoms with Crippen molar-refractivity contribution in [3.63, 3.8) is 0 Å². The Hall–Kier alpha value is -2.86. The largest absolute Gasteiger partial charge is 0.349 e. The number of benzene rings is 2. The first-order valence-corrected chi connectivity index (χ1v) is 10.4. The van der Waals surface area contributed by atoms with Gasteiger partial charge >= 0.3 is 0 Å². The summed E-state index contributed by atoms with van der Waals surface area (Å²) in [5.74, 6) is -0.309. The normalized spacial score (nSPS) is 15.5. The van der Waals surface area contributed by atoms with Crippen molar-refractivity contribution in [3.05, 3.63) is 70.7 Å². The van der Waals surface area contributed by atoms with E-state index in [1.807, 2.05) is 30.3 Å². The molecule has 0 saturated carbocycles. The fraction of sp³-hybridized carbons (Fsp3) is 0.348. The fourth-order valence-electron chi connectivity index (χ4n) is 3.67. The van der Waals surface area contributed by atoms with Crippen LogP contribution in [0.2, 0.25) is 5.02 Å². The predicted octanol–water partition coefficient (Wildman–Crippen LogP) is 3.39. The van der Waals surface area contributed by atoms with Gasteiger partial charge in [0.25, 0.3) is 0 Å². The van der Waals surface area contributed by atoms with Crippen LogP contribution in [0, 0.1) is 0 Å². The zero-order valence-electron chi connectivity index (χ0n) is 16.9. The van der Waals surface area contributed by atoms with Gasteiger partial charge in [0.1, 0.15) is 0 Å². The molecule has 3 amide bonds. The monoisotopic (exact) mass is 427 g/mol. The average Bonchev–Trinajstić information content (AvgIpc) is 3.12. The Morgan fingerprint density at radius 2 is 1.67 bits per heavy atom. The van der Waals surface area contributed by atoms with Crippen LogP contribution in [0.25, 0.3) is 0 Å². The van der Waals surface area contributed by atoms with Gasteiger partial charge in [0, 0.05) is 31.5 Å². The highest BCUT2D eigenvalue weighted by molar-refractivity contribution is 6.30. The van der Waals surface area contributed by atoms with E-state index in [1.165, 1.54) is 6.92 Å². The Kier molecular flexibility index (Phi) is 7.46. The molecule has 2 N–H and O–H groups in total. The average molecular weight is 428 g/mol. The van der Waals surface area contributed by atoms with Gasteiger partial charge in [-0.1, -0.05) is 54.1 Å². The van der Waals surface area contributed by atoms with Crippen molar-refractivity contribution in [3.8, 4) is 0 Å². The topological polar surface area (TPSA) is 78.5 Å². The van der Waals surface area contributed by atoms with Gasteiger partial charge in [0.15, 0.2) is 0 Å².